The minimum absolute atomic E-state index is 0.788. The van der Waals surface area contributed by atoms with E-state index in [9.17, 15) is 0 Å². The number of hydrogen-bond acceptors (Lipinski definition) is 1. The molecule has 26 heavy (non-hydrogen) atoms. The third-order valence-electron chi connectivity index (χ3n) is 4.40. The van der Waals surface area contributed by atoms with Crippen molar-refractivity contribution in [3.8, 4) is 11.1 Å². The van der Waals surface area contributed by atoms with Gasteiger partial charge in [0.05, 0.1) is 0 Å². The van der Waals surface area contributed by atoms with Gasteiger partial charge >= 0.3 is 0 Å². The van der Waals surface area contributed by atoms with Crippen LogP contribution < -0.4 is 10.4 Å². The Bertz CT molecular complexity index is 957. The molecule has 0 saturated carbocycles. The largest absolute Gasteiger partial charge is 0.310 e. The molecule has 0 fully saturated rings. The molecule has 0 aliphatic rings. The van der Waals surface area contributed by atoms with Crippen molar-refractivity contribution in [3.63, 3.8) is 0 Å². The number of hydrogen-bond donors (Lipinski definition) is 0. The minimum Gasteiger partial charge on any atom is -0.310 e. The number of nitrogens with zero attached hydrogens (tertiary/aromatic N) is 1. The molecule has 0 aliphatic heterocycles. The van der Waals surface area contributed by atoms with Gasteiger partial charge in [-0.15, -0.1) is 0 Å². The van der Waals surface area contributed by atoms with E-state index >= 15 is 0 Å². The first kappa shape index (κ1) is 16.2. The van der Waals surface area contributed by atoms with E-state index in [1.54, 1.807) is 0 Å². The second-order valence-corrected chi connectivity index (χ2v) is 6.14. The molecule has 122 valence electrons. The predicted octanol–water partition coefficient (Wildman–Crippen LogP) is 5.62. The number of benzene rings is 4. The fourth-order valence-corrected chi connectivity index (χ4v) is 3.17. The lowest BCUT2D eigenvalue weighted by Crippen LogP contribution is -2.10. The predicted molar refractivity (Wildman–Crippen MR) is 112 cm³/mol. The Balaban J connectivity index is 1.85. The van der Waals surface area contributed by atoms with Crippen LogP contribution in [0.1, 0.15) is 0 Å². The molecule has 0 atom stereocenters. The average molecular weight is 331 g/mol. The van der Waals surface area contributed by atoms with Crippen molar-refractivity contribution in [1.29, 1.82) is 0 Å². The van der Waals surface area contributed by atoms with Gasteiger partial charge in [0.25, 0.3) is 0 Å². The Morgan fingerprint density at radius 1 is 0.500 bits per heavy atom. The first-order valence-corrected chi connectivity index (χ1v) is 8.68. The molecule has 4 aromatic carbocycles. The molecule has 0 aliphatic carbocycles. The van der Waals surface area contributed by atoms with Gasteiger partial charge in [0.15, 0.2) is 0 Å². The van der Waals surface area contributed by atoms with E-state index in [-0.39, 0.29) is 0 Å². The van der Waals surface area contributed by atoms with Gasteiger partial charge in [-0.1, -0.05) is 78.3 Å². The highest BCUT2D eigenvalue weighted by Crippen LogP contribution is 2.35. The summed E-state index contributed by atoms with van der Waals surface area (Å²) in [5.74, 6) is 0. The molecule has 0 aromatic heterocycles. The lowest BCUT2D eigenvalue weighted by atomic mass is 9.87. The molecule has 2 heteroatoms. The van der Waals surface area contributed by atoms with Crippen LogP contribution in [0, 0.1) is 0 Å². The van der Waals surface area contributed by atoms with Crippen LogP contribution in [0.25, 0.3) is 11.1 Å². The van der Waals surface area contributed by atoms with Crippen molar-refractivity contribution < 1.29 is 0 Å². The van der Waals surface area contributed by atoms with E-state index < -0.39 is 0 Å². The van der Waals surface area contributed by atoms with Crippen LogP contribution in [0.4, 0.5) is 17.1 Å². The van der Waals surface area contributed by atoms with E-state index in [1.165, 1.54) is 0 Å². The molecule has 0 saturated heterocycles. The molecule has 0 amide bonds. The Labute approximate surface area is 156 Å². The van der Waals surface area contributed by atoms with Crippen LogP contribution in [0.15, 0.2) is 109 Å². The van der Waals surface area contributed by atoms with Crippen LogP contribution in [0.3, 0.4) is 0 Å². The van der Waals surface area contributed by atoms with E-state index in [2.05, 4.69) is 83.8 Å². The second kappa shape index (κ2) is 7.32. The highest BCUT2D eigenvalue weighted by Gasteiger charge is 2.12. The maximum atomic E-state index is 6.19. The van der Waals surface area contributed by atoms with Crippen LogP contribution in [0.2, 0.25) is 0 Å². The summed E-state index contributed by atoms with van der Waals surface area (Å²) < 4.78 is 0. The Morgan fingerprint density at radius 2 is 1.04 bits per heavy atom. The number of anilines is 3. The van der Waals surface area contributed by atoms with Crippen molar-refractivity contribution >= 4 is 30.4 Å². The van der Waals surface area contributed by atoms with Crippen molar-refractivity contribution in [1.82, 2.24) is 0 Å². The molecule has 1 nitrogen and oxygen atoms in total. The molecular weight excluding hydrogens is 313 g/mol. The summed E-state index contributed by atoms with van der Waals surface area (Å²) >= 11 is 0. The fourth-order valence-electron chi connectivity index (χ4n) is 3.17. The summed E-state index contributed by atoms with van der Waals surface area (Å²) in [7, 11) is 6.19. The zero-order chi connectivity index (χ0) is 17.8. The molecule has 0 spiro atoms. The van der Waals surface area contributed by atoms with Gasteiger partial charge in [-0.05, 0) is 47.5 Å². The highest BCUT2D eigenvalue weighted by atomic mass is 15.1. The quantitative estimate of drug-likeness (QED) is 0.439. The summed E-state index contributed by atoms with van der Waals surface area (Å²) in [6.07, 6.45) is 0. The second-order valence-electron chi connectivity index (χ2n) is 6.14. The molecule has 2 radical (unpaired) electrons. The molecule has 4 aromatic rings. The van der Waals surface area contributed by atoms with Gasteiger partial charge in [0.1, 0.15) is 7.85 Å². The Morgan fingerprint density at radius 3 is 1.65 bits per heavy atom. The zero-order valence-electron chi connectivity index (χ0n) is 14.4. The smallest absolute Gasteiger partial charge is 0.114 e. The molecular formula is C24H18BN. The van der Waals surface area contributed by atoms with E-state index in [0.29, 0.717) is 0 Å². The normalized spacial score (nSPS) is 10.5. The van der Waals surface area contributed by atoms with Gasteiger partial charge in [0, 0.05) is 17.1 Å². The fraction of sp³-hybridized carbons (Fsp3) is 0. The lowest BCUT2D eigenvalue weighted by Gasteiger charge is -2.26. The van der Waals surface area contributed by atoms with E-state index in [4.69, 9.17) is 7.85 Å². The molecule has 0 N–H and O–H groups in total. The summed E-state index contributed by atoms with van der Waals surface area (Å²) in [5, 5.41) is 0. The topological polar surface area (TPSA) is 3.24 Å². The number of rotatable bonds is 4. The van der Waals surface area contributed by atoms with Gasteiger partial charge in [-0.3, -0.25) is 0 Å². The number of para-hydroxylation sites is 2. The highest BCUT2D eigenvalue weighted by molar-refractivity contribution is 6.35. The summed E-state index contributed by atoms with van der Waals surface area (Å²) in [5.41, 5.74) is 6.29. The van der Waals surface area contributed by atoms with Gasteiger partial charge in [-0.25, -0.2) is 0 Å². The summed E-state index contributed by atoms with van der Waals surface area (Å²) in [6, 6.07) is 37.3. The van der Waals surface area contributed by atoms with Crippen LogP contribution in [-0.4, -0.2) is 7.85 Å². The first-order chi connectivity index (χ1) is 12.8. The van der Waals surface area contributed by atoms with Gasteiger partial charge in [-0.2, -0.15) is 0 Å². The third-order valence-corrected chi connectivity index (χ3v) is 4.40. The summed E-state index contributed by atoms with van der Waals surface area (Å²) in [4.78, 5) is 2.25. The van der Waals surface area contributed by atoms with E-state index in [1.807, 2.05) is 30.3 Å². The Hall–Kier alpha value is -3.26. The van der Waals surface area contributed by atoms with Crippen LogP contribution >= 0.6 is 0 Å². The van der Waals surface area contributed by atoms with E-state index in [0.717, 1.165) is 33.7 Å². The first-order valence-electron chi connectivity index (χ1n) is 8.68. The summed E-state index contributed by atoms with van der Waals surface area (Å²) in [6.45, 7) is 0. The van der Waals surface area contributed by atoms with Crippen LogP contribution in [0.5, 0.6) is 0 Å². The van der Waals surface area contributed by atoms with Crippen molar-refractivity contribution in [3.05, 3.63) is 109 Å². The molecule has 0 heterocycles. The maximum Gasteiger partial charge on any atom is 0.114 e. The Kier molecular flexibility index (Phi) is 4.57. The van der Waals surface area contributed by atoms with Crippen molar-refractivity contribution in [2.45, 2.75) is 0 Å². The van der Waals surface area contributed by atoms with Crippen LogP contribution in [-0.2, 0) is 0 Å². The minimum atomic E-state index is 0.788. The lowest BCUT2D eigenvalue weighted by molar-refractivity contribution is 1.28. The maximum absolute atomic E-state index is 6.19. The SMILES string of the molecule is [B]c1ccccc1-c1cccc(N(c2ccccc2)c2ccccc2)c1. The van der Waals surface area contributed by atoms with Gasteiger partial charge in [0.2, 0.25) is 0 Å². The molecule has 0 unspecified atom stereocenters. The van der Waals surface area contributed by atoms with Crippen molar-refractivity contribution in [2.75, 3.05) is 4.90 Å². The average Bonchev–Trinajstić information content (AvgIpc) is 2.70. The van der Waals surface area contributed by atoms with Crippen molar-refractivity contribution in [2.24, 2.45) is 0 Å². The van der Waals surface area contributed by atoms with Gasteiger partial charge < -0.3 is 4.90 Å². The molecule has 4 rings (SSSR count). The molecule has 0 bridgehead atoms. The standard InChI is InChI=1S/C24H18BN/c25-24-17-8-7-16-23(24)19-10-9-15-22(18-19)26(20-11-3-1-4-12-20)21-13-5-2-6-14-21/h1-18H. The monoisotopic (exact) mass is 331 g/mol. The third kappa shape index (κ3) is 3.27. The zero-order valence-corrected chi connectivity index (χ0v) is 14.4.